The van der Waals surface area contributed by atoms with E-state index in [0.717, 1.165) is 32.9 Å². The Morgan fingerprint density at radius 2 is 1.76 bits per heavy atom. The highest BCUT2D eigenvalue weighted by Crippen LogP contribution is 2.27. The van der Waals surface area contributed by atoms with E-state index < -0.39 is 0 Å². The highest BCUT2D eigenvalue weighted by molar-refractivity contribution is 7.99. The summed E-state index contributed by atoms with van der Waals surface area (Å²) in [6, 6.07) is 24.4. The summed E-state index contributed by atoms with van der Waals surface area (Å²) in [5.74, 6) is 6.85. The molecule has 0 spiro atoms. The zero-order valence-electron chi connectivity index (χ0n) is 19.4. The first-order valence-corrected chi connectivity index (χ1v) is 12.1. The van der Waals surface area contributed by atoms with Gasteiger partial charge in [-0.1, -0.05) is 72.5 Å². The summed E-state index contributed by atoms with van der Waals surface area (Å²) in [5.41, 5.74) is 5.16. The van der Waals surface area contributed by atoms with Crippen molar-refractivity contribution in [2.45, 2.75) is 18.7 Å². The molecular formula is C29H28O4S. The van der Waals surface area contributed by atoms with Crippen LogP contribution in [-0.2, 0) is 9.53 Å². The molecule has 0 amide bonds. The maximum atomic E-state index is 11.5. The maximum Gasteiger partial charge on any atom is 0.344 e. The molecule has 0 saturated carbocycles. The average molecular weight is 473 g/mol. The van der Waals surface area contributed by atoms with Gasteiger partial charge in [0.15, 0.2) is 6.61 Å². The first kappa shape index (κ1) is 25.2. The van der Waals surface area contributed by atoms with Gasteiger partial charge in [-0.25, -0.2) is 4.79 Å². The number of ether oxygens (including phenoxy) is 2. The Bertz CT molecular complexity index is 1170. The van der Waals surface area contributed by atoms with Gasteiger partial charge < -0.3 is 14.6 Å². The highest BCUT2D eigenvalue weighted by Gasteiger charge is 2.07. The van der Waals surface area contributed by atoms with E-state index in [1.54, 1.807) is 18.7 Å². The molecule has 5 heteroatoms. The lowest BCUT2D eigenvalue weighted by molar-refractivity contribution is -0.145. The van der Waals surface area contributed by atoms with E-state index in [2.05, 4.69) is 54.3 Å². The smallest absolute Gasteiger partial charge is 0.344 e. The number of allylic oxidation sites excluding steroid dienone is 1. The summed E-state index contributed by atoms with van der Waals surface area (Å²) in [6.45, 7) is 3.78. The predicted molar refractivity (Wildman–Crippen MR) is 139 cm³/mol. The van der Waals surface area contributed by atoms with Gasteiger partial charge in [-0.2, -0.15) is 0 Å². The molecule has 0 radical (unpaired) electrons. The van der Waals surface area contributed by atoms with Crippen LogP contribution in [0.25, 0.3) is 16.7 Å². The highest BCUT2D eigenvalue weighted by atomic mass is 32.2. The second kappa shape index (κ2) is 13.3. The molecule has 0 heterocycles. The van der Waals surface area contributed by atoms with Gasteiger partial charge in [0.2, 0.25) is 0 Å². The number of aliphatic hydroxyl groups excluding tert-OH is 1. The van der Waals surface area contributed by atoms with Crippen molar-refractivity contribution in [2.75, 3.05) is 25.6 Å². The van der Waals surface area contributed by atoms with Crippen LogP contribution in [0.3, 0.4) is 0 Å². The Balaban J connectivity index is 1.66. The quantitative estimate of drug-likeness (QED) is 0.243. The van der Waals surface area contributed by atoms with Gasteiger partial charge in [0.25, 0.3) is 0 Å². The standard InChI is InChI=1S/C29H28O4S/c1-3-32-29(31)21-33-28-16-15-27(20-22(28)2)34-19-17-24(10-7-18-30)26-13-11-25(12-14-26)23-8-5-4-6-9-23/h4-6,8-9,11-17,20,30H,3,18-19,21H2,1-2H3. The lowest BCUT2D eigenvalue weighted by Crippen LogP contribution is -2.14. The summed E-state index contributed by atoms with van der Waals surface area (Å²) >= 11 is 1.68. The van der Waals surface area contributed by atoms with Crippen molar-refractivity contribution in [1.82, 2.24) is 0 Å². The summed E-state index contributed by atoms with van der Waals surface area (Å²) in [4.78, 5) is 12.6. The van der Waals surface area contributed by atoms with Gasteiger partial charge in [-0.15, -0.1) is 11.8 Å². The number of rotatable bonds is 9. The van der Waals surface area contributed by atoms with Gasteiger partial charge >= 0.3 is 5.97 Å². The second-order valence-corrected chi connectivity index (χ2v) is 8.45. The van der Waals surface area contributed by atoms with E-state index in [1.165, 1.54) is 5.56 Å². The van der Waals surface area contributed by atoms with Crippen molar-refractivity contribution >= 4 is 23.3 Å². The van der Waals surface area contributed by atoms with Gasteiger partial charge in [0.05, 0.1) is 6.61 Å². The van der Waals surface area contributed by atoms with Crippen molar-refractivity contribution in [1.29, 1.82) is 0 Å². The monoisotopic (exact) mass is 472 g/mol. The van der Waals surface area contributed by atoms with E-state index in [-0.39, 0.29) is 19.2 Å². The van der Waals surface area contributed by atoms with Crippen LogP contribution in [0, 0.1) is 18.8 Å². The zero-order chi connectivity index (χ0) is 24.2. The number of benzene rings is 3. The number of aryl methyl sites for hydroxylation is 1. The van der Waals surface area contributed by atoms with Crippen LogP contribution in [0.4, 0.5) is 0 Å². The number of esters is 1. The Morgan fingerprint density at radius 3 is 2.44 bits per heavy atom. The van der Waals surface area contributed by atoms with Gasteiger partial charge in [-0.3, -0.25) is 0 Å². The minimum absolute atomic E-state index is 0.0974. The molecule has 4 nitrogen and oxygen atoms in total. The third-order valence-electron chi connectivity index (χ3n) is 4.94. The van der Waals surface area contributed by atoms with E-state index in [1.807, 2.05) is 43.3 Å². The second-order valence-electron chi connectivity index (χ2n) is 7.35. The average Bonchev–Trinajstić information content (AvgIpc) is 2.86. The zero-order valence-corrected chi connectivity index (χ0v) is 20.2. The third-order valence-corrected chi connectivity index (χ3v) is 5.86. The molecule has 0 aliphatic rings. The van der Waals surface area contributed by atoms with Crippen LogP contribution in [0.2, 0.25) is 0 Å². The summed E-state index contributed by atoms with van der Waals surface area (Å²) in [7, 11) is 0. The van der Waals surface area contributed by atoms with E-state index in [9.17, 15) is 9.90 Å². The number of carbonyl (C=O) groups excluding carboxylic acids is 1. The topological polar surface area (TPSA) is 55.8 Å². The van der Waals surface area contributed by atoms with E-state index >= 15 is 0 Å². The Hall–Kier alpha value is -3.46. The normalized spacial score (nSPS) is 10.9. The molecule has 0 aliphatic heterocycles. The molecule has 0 saturated heterocycles. The SMILES string of the molecule is CCOC(=O)COc1ccc(SCC=C(C#CCO)c2ccc(-c3ccccc3)cc2)cc1C. The Kier molecular flexibility index (Phi) is 9.84. The molecule has 34 heavy (non-hydrogen) atoms. The first-order valence-electron chi connectivity index (χ1n) is 11.1. The lowest BCUT2D eigenvalue weighted by atomic mass is 10.0. The molecule has 0 unspecified atom stereocenters. The molecule has 0 bridgehead atoms. The summed E-state index contributed by atoms with van der Waals surface area (Å²) < 4.78 is 10.4. The van der Waals surface area contributed by atoms with E-state index in [0.29, 0.717) is 12.4 Å². The van der Waals surface area contributed by atoms with Crippen molar-refractivity contribution < 1.29 is 19.4 Å². The number of aliphatic hydroxyl groups is 1. The predicted octanol–water partition coefficient (Wildman–Crippen LogP) is 5.78. The van der Waals surface area contributed by atoms with Crippen LogP contribution in [0.5, 0.6) is 5.75 Å². The first-order chi connectivity index (χ1) is 16.6. The number of hydrogen-bond donors (Lipinski definition) is 1. The molecule has 3 aromatic carbocycles. The molecule has 3 rings (SSSR count). The van der Waals surface area contributed by atoms with Gasteiger partial charge in [0, 0.05) is 16.2 Å². The fraction of sp³-hybridized carbons (Fsp3) is 0.207. The molecule has 3 aromatic rings. The molecule has 0 fully saturated rings. The minimum Gasteiger partial charge on any atom is -0.482 e. The van der Waals surface area contributed by atoms with Crippen molar-refractivity contribution in [3.63, 3.8) is 0 Å². The van der Waals surface area contributed by atoms with Crippen LogP contribution in [0.1, 0.15) is 18.1 Å². The Morgan fingerprint density at radius 1 is 1.03 bits per heavy atom. The molecule has 0 aliphatic carbocycles. The van der Waals surface area contributed by atoms with E-state index in [4.69, 9.17) is 9.47 Å². The van der Waals surface area contributed by atoms with Crippen LogP contribution < -0.4 is 4.74 Å². The third kappa shape index (κ3) is 7.55. The molecule has 0 aromatic heterocycles. The number of hydrogen-bond acceptors (Lipinski definition) is 5. The summed E-state index contributed by atoms with van der Waals surface area (Å²) in [5, 5.41) is 9.18. The fourth-order valence-electron chi connectivity index (χ4n) is 3.28. The number of carbonyl (C=O) groups is 1. The van der Waals surface area contributed by atoms with Crippen LogP contribution in [0.15, 0.2) is 83.8 Å². The fourth-order valence-corrected chi connectivity index (χ4v) is 4.15. The molecule has 0 atom stereocenters. The van der Waals surface area contributed by atoms with Crippen LogP contribution >= 0.6 is 11.8 Å². The van der Waals surface area contributed by atoms with Crippen LogP contribution in [-0.4, -0.2) is 36.6 Å². The molecular weight excluding hydrogens is 444 g/mol. The largest absolute Gasteiger partial charge is 0.482 e. The summed E-state index contributed by atoms with van der Waals surface area (Å²) in [6.07, 6.45) is 2.07. The van der Waals surface area contributed by atoms with Crippen molar-refractivity contribution in [3.8, 4) is 28.7 Å². The van der Waals surface area contributed by atoms with Crippen molar-refractivity contribution in [2.24, 2.45) is 0 Å². The van der Waals surface area contributed by atoms with Gasteiger partial charge in [-0.05, 0) is 54.3 Å². The molecule has 1 N–H and O–H groups in total. The minimum atomic E-state index is -0.376. The molecule has 174 valence electrons. The van der Waals surface area contributed by atoms with Gasteiger partial charge in [0.1, 0.15) is 12.4 Å². The maximum absolute atomic E-state index is 11.5. The lowest BCUT2D eigenvalue weighted by Gasteiger charge is -2.10. The number of thioether (sulfide) groups is 1. The van der Waals surface area contributed by atoms with Crippen molar-refractivity contribution in [3.05, 3.63) is 90.0 Å². The Labute approximate surface area is 205 Å².